The van der Waals surface area contributed by atoms with Gasteiger partial charge in [0.15, 0.2) is 0 Å². The fourth-order valence-electron chi connectivity index (χ4n) is 3.70. The molecule has 3 aromatic carbocycles. The van der Waals surface area contributed by atoms with Crippen LogP contribution in [0.15, 0.2) is 42.5 Å². The number of halogens is 4. The molecule has 34 heavy (non-hydrogen) atoms. The van der Waals surface area contributed by atoms with E-state index in [0.717, 1.165) is 27.4 Å². The minimum Gasteiger partial charge on any atom is -0.444 e. The number of benzene rings is 3. The van der Waals surface area contributed by atoms with Crippen LogP contribution in [-0.4, -0.2) is 23.2 Å². The number of hydrogen-bond donors (Lipinski definition) is 3. The molecule has 9 heteroatoms. The summed E-state index contributed by atoms with van der Waals surface area (Å²) in [5, 5.41) is 8.70. The molecule has 178 valence electrons. The van der Waals surface area contributed by atoms with Crippen molar-refractivity contribution < 1.29 is 13.9 Å². The summed E-state index contributed by atoms with van der Waals surface area (Å²) in [5.74, 6) is -0.574. The van der Waals surface area contributed by atoms with Crippen LogP contribution in [0.3, 0.4) is 0 Å². The smallest absolute Gasteiger partial charge is 0.407 e. The van der Waals surface area contributed by atoms with Gasteiger partial charge in [-0.15, -0.1) is 0 Å². The maximum atomic E-state index is 14.1. The third-order valence-electron chi connectivity index (χ3n) is 5.10. The summed E-state index contributed by atoms with van der Waals surface area (Å²) >= 11 is 18.4. The predicted molar refractivity (Wildman–Crippen MR) is 138 cm³/mol. The lowest BCUT2D eigenvalue weighted by atomic mass is 10.0. The molecular weight excluding hydrogens is 500 g/mol. The molecule has 0 radical (unpaired) electrons. The van der Waals surface area contributed by atoms with Gasteiger partial charge in [0.1, 0.15) is 11.4 Å². The number of nitrogens with one attached hydrogen (secondary N) is 3. The van der Waals surface area contributed by atoms with Crippen molar-refractivity contribution in [3.05, 3.63) is 68.9 Å². The van der Waals surface area contributed by atoms with Crippen molar-refractivity contribution in [3.63, 3.8) is 0 Å². The van der Waals surface area contributed by atoms with Gasteiger partial charge in [-0.3, -0.25) is 0 Å². The zero-order valence-corrected chi connectivity index (χ0v) is 21.1. The Hall–Kier alpha value is -2.67. The molecule has 0 spiro atoms. The molecule has 0 bridgehead atoms. The van der Waals surface area contributed by atoms with E-state index in [9.17, 15) is 9.18 Å². The van der Waals surface area contributed by atoms with Crippen molar-refractivity contribution in [1.29, 1.82) is 0 Å². The third-order valence-corrected chi connectivity index (χ3v) is 5.94. The largest absolute Gasteiger partial charge is 0.444 e. The second-order valence-electron chi connectivity index (χ2n) is 8.92. The number of rotatable bonds is 5. The van der Waals surface area contributed by atoms with Gasteiger partial charge in [-0.25, -0.2) is 9.18 Å². The molecule has 0 aliphatic rings. The predicted octanol–water partition coefficient (Wildman–Crippen LogP) is 8.23. The highest BCUT2D eigenvalue weighted by Gasteiger charge is 2.17. The zero-order chi connectivity index (χ0) is 24.6. The van der Waals surface area contributed by atoms with E-state index >= 15 is 0 Å². The number of alkyl carbamates (subject to hydrolysis) is 1. The number of aromatic nitrogens is 1. The van der Waals surface area contributed by atoms with Gasteiger partial charge in [-0.2, -0.15) is 0 Å². The van der Waals surface area contributed by atoms with Crippen LogP contribution in [0.5, 0.6) is 0 Å². The fourth-order valence-corrected chi connectivity index (χ4v) is 4.30. The summed E-state index contributed by atoms with van der Waals surface area (Å²) in [5.41, 5.74) is 3.29. The minimum atomic E-state index is -0.579. The molecule has 4 aromatic rings. The second-order valence-corrected chi connectivity index (χ2v) is 10.2. The van der Waals surface area contributed by atoms with Crippen LogP contribution in [0.25, 0.3) is 21.8 Å². The third kappa shape index (κ3) is 5.52. The number of aromatic amines is 1. The van der Waals surface area contributed by atoms with E-state index in [1.165, 1.54) is 12.1 Å². The molecule has 3 N–H and O–H groups in total. The van der Waals surface area contributed by atoms with E-state index in [2.05, 4.69) is 15.6 Å². The van der Waals surface area contributed by atoms with Gasteiger partial charge in [0.25, 0.3) is 0 Å². The van der Waals surface area contributed by atoms with Gasteiger partial charge in [0.2, 0.25) is 0 Å². The topological polar surface area (TPSA) is 66.2 Å². The lowest BCUT2D eigenvalue weighted by Crippen LogP contribution is -2.33. The first-order chi connectivity index (χ1) is 16.0. The molecule has 5 nitrogen and oxygen atoms in total. The molecule has 0 aliphatic carbocycles. The zero-order valence-electron chi connectivity index (χ0n) is 18.8. The van der Waals surface area contributed by atoms with E-state index < -0.39 is 17.5 Å². The van der Waals surface area contributed by atoms with Gasteiger partial charge in [-0.1, -0.05) is 34.8 Å². The first-order valence-corrected chi connectivity index (χ1v) is 11.8. The van der Waals surface area contributed by atoms with Gasteiger partial charge >= 0.3 is 6.09 Å². The highest BCUT2D eigenvalue weighted by molar-refractivity contribution is 6.36. The highest BCUT2D eigenvalue weighted by Crippen LogP contribution is 2.35. The van der Waals surface area contributed by atoms with Gasteiger partial charge in [-0.05, 0) is 69.2 Å². The average Bonchev–Trinajstić information content (AvgIpc) is 3.09. The van der Waals surface area contributed by atoms with E-state index in [4.69, 9.17) is 39.5 Å². The number of carbonyl (C=O) groups is 1. The lowest BCUT2D eigenvalue weighted by Gasteiger charge is -2.19. The standard InChI is InChI=1S/C25H23Cl3FN3O2/c1-25(2,3)34-24(33)30-7-6-13-8-15(31-22-12-20(29)18(27)11-19(22)28)10-17-16-9-14(26)4-5-21(16)32-23(13)17/h4-5,8-12,31-32H,6-7H2,1-3H3,(H,30,33). The van der Waals surface area contributed by atoms with Crippen molar-refractivity contribution in [2.45, 2.75) is 32.8 Å². The molecular formula is C25H23Cl3FN3O2. The molecule has 1 amide bonds. The fraction of sp³-hybridized carbons (Fsp3) is 0.240. The molecule has 0 saturated heterocycles. The van der Waals surface area contributed by atoms with Crippen molar-refractivity contribution in [1.82, 2.24) is 10.3 Å². The van der Waals surface area contributed by atoms with E-state index in [-0.39, 0.29) is 5.02 Å². The maximum absolute atomic E-state index is 14.1. The van der Waals surface area contributed by atoms with Gasteiger partial charge in [0.05, 0.1) is 15.7 Å². The Bertz CT molecular complexity index is 1400. The van der Waals surface area contributed by atoms with Crippen LogP contribution in [0.2, 0.25) is 15.1 Å². The van der Waals surface area contributed by atoms with E-state index in [0.29, 0.717) is 34.4 Å². The first kappa shape index (κ1) is 24.5. The summed E-state index contributed by atoms with van der Waals surface area (Å²) in [6.45, 7) is 5.79. The summed E-state index contributed by atoms with van der Waals surface area (Å²) in [6.07, 6.45) is 0.0408. The first-order valence-electron chi connectivity index (χ1n) is 10.6. The maximum Gasteiger partial charge on any atom is 0.407 e. The van der Waals surface area contributed by atoms with Crippen molar-refractivity contribution in [3.8, 4) is 0 Å². The molecule has 0 fully saturated rings. The normalized spacial score (nSPS) is 11.7. The molecule has 0 aliphatic heterocycles. The van der Waals surface area contributed by atoms with Crippen molar-refractivity contribution in [2.24, 2.45) is 0 Å². The number of anilines is 2. The minimum absolute atomic E-state index is 0.0498. The Morgan fingerprint density at radius 3 is 2.53 bits per heavy atom. The van der Waals surface area contributed by atoms with Crippen LogP contribution >= 0.6 is 34.8 Å². The Morgan fingerprint density at radius 1 is 1.03 bits per heavy atom. The average molecular weight is 523 g/mol. The molecule has 0 saturated carbocycles. The Labute approximate surface area is 211 Å². The van der Waals surface area contributed by atoms with E-state index in [1.54, 1.807) is 0 Å². The number of H-pyrrole nitrogens is 1. The molecule has 0 unspecified atom stereocenters. The molecule has 1 heterocycles. The molecule has 0 atom stereocenters. The quantitative estimate of drug-likeness (QED) is 0.231. The van der Waals surface area contributed by atoms with Crippen LogP contribution in [0.4, 0.5) is 20.6 Å². The number of carbonyl (C=O) groups excluding carboxylic acids is 1. The highest BCUT2D eigenvalue weighted by atomic mass is 35.5. The lowest BCUT2D eigenvalue weighted by molar-refractivity contribution is 0.0528. The van der Waals surface area contributed by atoms with Crippen LogP contribution in [-0.2, 0) is 11.2 Å². The number of amides is 1. The van der Waals surface area contributed by atoms with Gasteiger partial charge in [0, 0.05) is 45.1 Å². The van der Waals surface area contributed by atoms with E-state index in [1.807, 2.05) is 51.1 Å². The molecule has 1 aromatic heterocycles. The number of hydrogen-bond acceptors (Lipinski definition) is 3. The molecule has 4 rings (SSSR count). The Kier molecular flexibility index (Phi) is 6.85. The SMILES string of the molecule is CC(C)(C)OC(=O)NCCc1cc(Nc2cc(F)c(Cl)cc2Cl)cc2c1[nH]c1ccc(Cl)cc12. The Morgan fingerprint density at radius 2 is 1.79 bits per heavy atom. The summed E-state index contributed by atoms with van der Waals surface area (Å²) < 4.78 is 19.4. The number of fused-ring (bicyclic) bond motifs is 3. The second kappa shape index (κ2) is 9.53. The van der Waals surface area contributed by atoms with Crippen LogP contribution in [0.1, 0.15) is 26.3 Å². The monoisotopic (exact) mass is 521 g/mol. The number of ether oxygens (including phenoxy) is 1. The van der Waals surface area contributed by atoms with Crippen LogP contribution in [0, 0.1) is 5.82 Å². The van der Waals surface area contributed by atoms with Crippen LogP contribution < -0.4 is 10.6 Å². The van der Waals surface area contributed by atoms with Crippen molar-refractivity contribution >= 4 is 74.1 Å². The van der Waals surface area contributed by atoms with Crippen molar-refractivity contribution in [2.75, 3.05) is 11.9 Å². The summed E-state index contributed by atoms with van der Waals surface area (Å²) in [7, 11) is 0. The Balaban J connectivity index is 1.70. The van der Waals surface area contributed by atoms with Gasteiger partial charge < -0.3 is 20.4 Å². The summed E-state index contributed by atoms with van der Waals surface area (Å²) in [4.78, 5) is 15.5. The summed E-state index contributed by atoms with van der Waals surface area (Å²) in [6, 6.07) is 12.1.